The summed E-state index contributed by atoms with van der Waals surface area (Å²) in [5, 5.41) is 21.3. The normalized spacial score (nSPS) is 16.2. The summed E-state index contributed by atoms with van der Waals surface area (Å²) >= 11 is 12.3. The van der Waals surface area contributed by atoms with Crippen molar-refractivity contribution >= 4 is 46.4 Å². The zero-order chi connectivity index (χ0) is 27.3. The minimum absolute atomic E-state index is 0.00388. The molecule has 3 aromatic carbocycles. The third kappa shape index (κ3) is 6.07. The van der Waals surface area contributed by atoms with Gasteiger partial charge in [0.25, 0.3) is 11.8 Å². The Labute approximate surface area is 228 Å². The molecule has 4 rings (SSSR count). The maximum absolute atomic E-state index is 14.5. The number of rotatable bonds is 11. The largest absolute Gasteiger partial charge is 0.395 e. The van der Waals surface area contributed by atoms with Crippen molar-refractivity contribution in [3.63, 3.8) is 0 Å². The summed E-state index contributed by atoms with van der Waals surface area (Å²) in [4.78, 5) is 26.6. The molecule has 38 heavy (non-hydrogen) atoms. The second-order valence-corrected chi connectivity index (χ2v) is 9.75. The van der Waals surface area contributed by atoms with Crippen LogP contribution in [0.3, 0.4) is 0 Å². The van der Waals surface area contributed by atoms with Crippen LogP contribution in [0.4, 0.5) is 20.2 Å². The van der Waals surface area contributed by atoms with Crippen LogP contribution in [-0.4, -0.2) is 43.2 Å². The first kappa shape index (κ1) is 27.8. The lowest BCUT2D eigenvalue weighted by Gasteiger charge is -2.31. The summed E-state index contributed by atoms with van der Waals surface area (Å²) in [7, 11) is 0. The van der Waals surface area contributed by atoms with Crippen molar-refractivity contribution in [2.75, 3.05) is 36.9 Å². The molecule has 1 heterocycles. The third-order valence-corrected chi connectivity index (χ3v) is 6.66. The molecule has 11 heteroatoms. The molecule has 0 aromatic heterocycles. The lowest BCUT2D eigenvalue weighted by molar-refractivity contribution is -0.119. The highest BCUT2D eigenvalue weighted by Gasteiger charge is 2.47. The number of amides is 2. The number of hydrogen-bond acceptors (Lipinski definition) is 5. The van der Waals surface area contributed by atoms with Crippen LogP contribution in [0, 0.1) is 11.6 Å². The molecule has 2 amide bonds. The average molecular weight is 563 g/mol. The van der Waals surface area contributed by atoms with Gasteiger partial charge in [-0.25, -0.2) is 8.78 Å². The smallest absolute Gasteiger partial charge is 0.255 e. The number of benzene rings is 3. The second-order valence-electron chi connectivity index (χ2n) is 8.88. The van der Waals surface area contributed by atoms with Gasteiger partial charge in [-0.2, -0.15) is 0 Å². The molecule has 200 valence electrons. The number of carbonyl (C=O) groups is 2. The molecule has 0 radical (unpaired) electrons. The van der Waals surface area contributed by atoms with E-state index in [1.54, 1.807) is 42.5 Å². The maximum atomic E-state index is 14.5. The van der Waals surface area contributed by atoms with E-state index in [4.69, 9.17) is 28.3 Å². The molecule has 1 aliphatic rings. The van der Waals surface area contributed by atoms with Gasteiger partial charge in [-0.15, -0.1) is 0 Å². The second kappa shape index (κ2) is 12.1. The third-order valence-electron chi connectivity index (χ3n) is 6.19. The number of anilines is 2. The zero-order valence-electron chi connectivity index (χ0n) is 20.2. The zero-order valence-corrected chi connectivity index (χ0v) is 21.7. The quantitative estimate of drug-likeness (QED) is 0.222. The van der Waals surface area contributed by atoms with Gasteiger partial charge in [0, 0.05) is 46.9 Å². The minimum atomic E-state index is -1.49. The summed E-state index contributed by atoms with van der Waals surface area (Å²) in [6.45, 7) is 1.22. The Morgan fingerprint density at radius 1 is 0.974 bits per heavy atom. The van der Waals surface area contributed by atoms with Crippen LogP contribution in [0.15, 0.2) is 54.6 Å². The highest BCUT2D eigenvalue weighted by molar-refractivity contribution is 6.31. The van der Waals surface area contributed by atoms with Crippen molar-refractivity contribution in [2.24, 2.45) is 0 Å². The van der Waals surface area contributed by atoms with Crippen molar-refractivity contribution in [2.45, 2.75) is 18.4 Å². The Kier molecular flexibility index (Phi) is 8.83. The van der Waals surface area contributed by atoms with Gasteiger partial charge in [-0.1, -0.05) is 41.4 Å². The lowest BCUT2D eigenvalue weighted by Crippen LogP contribution is -2.45. The molecule has 0 saturated carbocycles. The fraction of sp³-hybridized carbons (Fsp3) is 0.259. The predicted molar refractivity (Wildman–Crippen MR) is 144 cm³/mol. The van der Waals surface area contributed by atoms with Crippen molar-refractivity contribution in [3.05, 3.63) is 93.0 Å². The summed E-state index contributed by atoms with van der Waals surface area (Å²) in [5.41, 5.74) is -0.0171. The van der Waals surface area contributed by atoms with E-state index in [0.717, 1.165) is 12.1 Å². The molecule has 7 nitrogen and oxygen atoms in total. The molecule has 0 saturated heterocycles. The van der Waals surface area contributed by atoms with E-state index in [2.05, 4.69) is 21.3 Å². The molecule has 1 unspecified atom stereocenters. The predicted octanol–water partition coefficient (Wildman–Crippen LogP) is 4.48. The molecule has 0 bridgehead atoms. The van der Waals surface area contributed by atoms with Crippen LogP contribution in [0.5, 0.6) is 0 Å². The van der Waals surface area contributed by atoms with Gasteiger partial charge < -0.3 is 26.4 Å². The summed E-state index contributed by atoms with van der Waals surface area (Å²) in [5.74, 6) is -3.47. The first-order chi connectivity index (χ1) is 18.2. The number of halogens is 4. The number of aliphatic hydroxyl groups excluding tert-OH is 1. The topological polar surface area (TPSA) is 102 Å². The number of fused-ring (bicyclic) bond motifs is 1. The average Bonchev–Trinajstić information content (AvgIpc) is 3.12. The standard InChI is InChI=1S/C27H26Cl2F2N4O3/c28-17-4-1-3-16(11-17)15-27(20-6-5-18(29)12-24(20)34-26(27)38)35-23-14-22(31)21(30)13-19(23)25(37)33-8-2-7-32-9-10-36/h1,3-6,11-14,32,35-36H,2,7-10,15H2,(H,33,37)(H,34,38). The first-order valence-electron chi connectivity index (χ1n) is 12.0. The molecular weight excluding hydrogens is 537 g/mol. The van der Waals surface area contributed by atoms with Crippen molar-refractivity contribution in [3.8, 4) is 0 Å². The lowest BCUT2D eigenvalue weighted by atomic mass is 9.84. The summed E-state index contributed by atoms with van der Waals surface area (Å²) < 4.78 is 28.7. The Hall–Kier alpha value is -3.24. The van der Waals surface area contributed by atoms with Gasteiger partial charge in [0.05, 0.1) is 17.9 Å². The summed E-state index contributed by atoms with van der Waals surface area (Å²) in [6, 6.07) is 13.5. The van der Waals surface area contributed by atoms with E-state index in [9.17, 15) is 18.4 Å². The monoisotopic (exact) mass is 562 g/mol. The van der Waals surface area contributed by atoms with Crippen molar-refractivity contribution < 1.29 is 23.5 Å². The Morgan fingerprint density at radius 2 is 1.74 bits per heavy atom. The van der Waals surface area contributed by atoms with Crippen LogP contribution in [-0.2, 0) is 16.8 Å². The number of nitrogens with one attached hydrogen (secondary N) is 4. The van der Waals surface area contributed by atoms with E-state index >= 15 is 0 Å². The SMILES string of the molecule is O=C(NCCCNCCO)c1cc(F)c(F)cc1NC1(Cc2cccc(Cl)c2)C(=O)Nc2cc(Cl)ccc21. The molecule has 0 spiro atoms. The first-order valence-corrected chi connectivity index (χ1v) is 12.7. The van der Waals surface area contributed by atoms with E-state index in [0.29, 0.717) is 46.4 Å². The van der Waals surface area contributed by atoms with Gasteiger partial charge in [0.1, 0.15) is 5.54 Å². The Morgan fingerprint density at radius 3 is 2.50 bits per heavy atom. The van der Waals surface area contributed by atoms with Crippen LogP contribution >= 0.6 is 23.2 Å². The Balaban J connectivity index is 1.71. The van der Waals surface area contributed by atoms with Crippen molar-refractivity contribution in [1.29, 1.82) is 0 Å². The van der Waals surface area contributed by atoms with Gasteiger partial charge >= 0.3 is 0 Å². The summed E-state index contributed by atoms with van der Waals surface area (Å²) in [6.07, 6.45) is 0.637. The molecule has 1 aliphatic heterocycles. The molecule has 3 aromatic rings. The highest BCUT2D eigenvalue weighted by Crippen LogP contribution is 2.43. The van der Waals surface area contributed by atoms with Gasteiger partial charge in [-0.3, -0.25) is 9.59 Å². The molecular formula is C27H26Cl2F2N4O3. The van der Waals surface area contributed by atoms with E-state index in [1.165, 1.54) is 0 Å². The minimum Gasteiger partial charge on any atom is -0.395 e. The fourth-order valence-corrected chi connectivity index (χ4v) is 4.81. The highest BCUT2D eigenvalue weighted by atomic mass is 35.5. The van der Waals surface area contributed by atoms with Crippen LogP contribution in [0.1, 0.15) is 27.9 Å². The number of aliphatic hydroxyl groups is 1. The number of hydrogen-bond donors (Lipinski definition) is 5. The number of carbonyl (C=O) groups excluding carboxylic acids is 2. The van der Waals surface area contributed by atoms with Gasteiger partial charge in [0.2, 0.25) is 0 Å². The Bertz CT molecular complexity index is 1360. The van der Waals surface area contributed by atoms with Crippen LogP contribution in [0.2, 0.25) is 10.0 Å². The van der Waals surface area contributed by atoms with E-state index in [1.807, 2.05) is 0 Å². The molecule has 1 atom stereocenters. The van der Waals surface area contributed by atoms with Gasteiger partial charge in [0.15, 0.2) is 11.6 Å². The fourth-order valence-electron chi connectivity index (χ4n) is 4.42. The van der Waals surface area contributed by atoms with Gasteiger partial charge in [-0.05, 0) is 48.9 Å². The van der Waals surface area contributed by atoms with E-state index < -0.39 is 29.0 Å². The molecule has 5 N–H and O–H groups in total. The molecule has 0 aliphatic carbocycles. The van der Waals surface area contributed by atoms with Crippen LogP contribution < -0.4 is 21.3 Å². The van der Waals surface area contributed by atoms with E-state index in [-0.39, 0.29) is 30.8 Å². The molecule has 0 fully saturated rings. The maximum Gasteiger partial charge on any atom is 0.255 e. The van der Waals surface area contributed by atoms with Crippen molar-refractivity contribution in [1.82, 2.24) is 10.6 Å². The van der Waals surface area contributed by atoms with Crippen LogP contribution in [0.25, 0.3) is 0 Å².